The number of nitrogens with two attached hydrogens (primary N) is 1. The van der Waals surface area contributed by atoms with Crippen LogP contribution >= 0.6 is 11.6 Å². The maximum atomic E-state index is 6.36. The molecule has 1 aromatic rings. The molecular formula is C19H26ClN2O+. The molecule has 4 heteroatoms. The number of nitrogens with zero attached hydrogens (tertiary/aromatic N) is 1. The van der Waals surface area contributed by atoms with Crippen molar-refractivity contribution in [2.75, 3.05) is 0 Å². The van der Waals surface area contributed by atoms with E-state index in [1.165, 1.54) is 6.42 Å². The second-order valence-electron chi connectivity index (χ2n) is 8.09. The van der Waals surface area contributed by atoms with Gasteiger partial charge >= 0.3 is 6.07 Å². The number of rotatable bonds is 2. The average molecular weight is 334 g/mol. The molecule has 2 fully saturated rings. The summed E-state index contributed by atoms with van der Waals surface area (Å²) in [6, 6.07) is 9.37. The molecule has 0 heterocycles. The minimum Gasteiger partial charge on any atom is -0.489 e. The van der Waals surface area contributed by atoms with Crippen LogP contribution in [0.2, 0.25) is 5.02 Å². The topological polar surface area (TPSA) is 39.6 Å². The van der Waals surface area contributed by atoms with Crippen LogP contribution in [0.3, 0.4) is 0 Å². The summed E-state index contributed by atoms with van der Waals surface area (Å²) in [5.74, 6) is 0.780. The van der Waals surface area contributed by atoms with E-state index in [1.807, 2.05) is 18.2 Å². The minimum atomic E-state index is -0.0492. The van der Waals surface area contributed by atoms with Gasteiger partial charge in [-0.25, -0.2) is 0 Å². The Morgan fingerprint density at radius 3 is 2.39 bits per heavy atom. The van der Waals surface area contributed by atoms with Crippen molar-refractivity contribution in [2.24, 2.45) is 16.6 Å². The highest BCUT2D eigenvalue weighted by Gasteiger charge is 2.61. The molecule has 2 saturated carbocycles. The molecule has 0 saturated heterocycles. The van der Waals surface area contributed by atoms with Crippen LogP contribution in [0, 0.1) is 16.9 Å². The standard InChI is InChI=1S/C19H26ClN2O/c1-18(2)16(21)19(3,4)17(18)23-14-9-8-12(15(20)10-14)11-22-13-6-5-7-13/h8-10,13,16-17H,5-7,21H2,1-4H3/q+1. The molecule has 2 aliphatic carbocycles. The Hall–Kier alpha value is -1.24. The van der Waals surface area contributed by atoms with Crippen molar-refractivity contribution >= 4 is 11.6 Å². The monoisotopic (exact) mass is 333 g/mol. The second-order valence-corrected chi connectivity index (χ2v) is 8.49. The molecule has 0 radical (unpaired) electrons. The van der Waals surface area contributed by atoms with Crippen LogP contribution in [0.25, 0.3) is 4.85 Å². The Morgan fingerprint density at radius 2 is 1.87 bits per heavy atom. The quantitative estimate of drug-likeness (QED) is 0.851. The lowest BCUT2D eigenvalue weighted by molar-refractivity contribution is -0.155. The average Bonchev–Trinajstić information content (AvgIpc) is 2.44. The highest BCUT2D eigenvalue weighted by atomic mass is 35.5. The van der Waals surface area contributed by atoms with E-state index in [1.54, 1.807) is 0 Å². The zero-order valence-corrected chi connectivity index (χ0v) is 15.2. The molecule has 0 unspecified atom stereocenters. The van der Waals surface area contributed by atoms with Crippen molar-refractivity contribution in [2.45, 2.75) is 65.1 Å². The lowest BCUT2D eigenvalue weighted by atomic mass is 9.50. The number of ether oxygens (including phenoxy) is 1. The van der Waals surface area contributed by atoms with Crippen molar-refractivity contribution in [1.82, 2.24) is 0 Å². The van der Waals surface area contributed by atoms with E-state index in [2.05, 4.69) is 38.6 Å². The van der Waals surface area contributed by atoms with Gasteiger partial charge in [0.05, 0.1) is 5.02 Å². The first-order valence-electron chi connectivity index (χ1n) is 8.40. The zero-order valence-electron chi connectivity index (χ0n) is 14.4. The minimum absolute atomic E-state index is 0.0492. The number of hydrogen-bond donors (Lipinski definition) is 1. The van der Waals surface area contributed by atoms with E-state index >= 15 is 0 Å². The Kier molecular flexibility index (Phi) is 4.11. The van der Waals surface area contributed by atoms with Gasteiger partial charge in [0.2, 0.25) is 0 Å². The zero-order chi connectivity index (χ0) is 16.8. The van der Waals surface area contributed by atoms with E-state index in [-0.39, 0.29) is 23.0 Å². The normalized spacial score (nSPS) is 28.1. The van der Waals surface area contributed by atoms with Crippen LogP contribution < -0.4 is 10.5 Å². The summed E-state index contributed by atoms with van der Waals surface area (Å²) < 4.78 is 6.22. The van der Waals surface area contributed by atoms with Crippen LogP contribution in [0.4, 0.5) is 0 Å². The molecule has 2 N–H and O–H groups in total. The molecule has 2 aliphatic rings. The summed E-state index contributed by atoms with van der Waals surface area (Å²) >= 11 is 6.36. The lowest BCUT2D eigenvalue weighted by Gasteiger charge is -2.61. The smallest absolute Gasteiger partial charge is 0.313 e. The van der Waals surface area contributed by atoms with Gasteiger partial charge in [0.1, 0.15) is 17.4 Å². The largest absolute Gasteiger partial charge is 0.489 e. The van der Waals surface area contributed by atoms with E-state index in [0.29, 0.717) is 11.1 Å². The lowest BCUT2D eigenvalue weighted by Crippen LogP contribution is -2.72. The fraction of sp³-hybridized carbons (Fsp3) is 0.632. The maximum absolute atomic E-state index is 6.36. The van der Waals surface area contributed by atoms with Gasteiger partial charge in [-0.05, 0) is 18.6 Å². The molecule has 0 spiro atoms. The van der Waals surface area contributed by atoms with Crippen molar-refractivity contribution < 1.29 is 4.74 Å². The molecule has 3 rings (SSSR count). The van der Waals surface area contributed by atoms with Crippen LogP contribution in [-0.4, -0.2) is 18.2 Å². The summed E-state index contributed by atoms with van der Waals surface area (Å²) in [5, 5.41) is 0.629. The second kappa shape index (κ2) is 5.69. The van der Waals surface area contributed by atoms with Crippen molar-refractivity contribution in [3.8, 4) is 11.8 Å². The van der Waals surface area contributed by atoms with Gasteiger partial charge in [0, 0.05) is 35.8 Å². The number of benzene rings is 1. The highest BCUT2D eigenvalue weighted by Crippen LogP contribution is 2.54. The summed E-state index contributed by atoms with van der Waals surface area (Å²) in [5.41, 5.74) is 7.02. The van der Waals surface area contributed by atoms with E-state index in [0.717, 1.165) is 24.2 Å². The fourth-order valence-electron chi connectivity index (χ4n) is 3.92. The fourth-order valence-corrected chi connectivity index (χ4v) is 4.14. The summed E-state index contributed by atoms with van der Waals surface area (Å²) in [7, 11) is 0. The Morgan fingerprint density at radius 1 is 1.22 bits per heavy atom. The molecule has 0 aromatic heterocycles. The Bertz CT molecular complexity index is 652. The first-order chi connectivity index (χ1) is 10.7. The van der Waals surface area contributed by atoms with Crippen molar-refractivity contribution in [3.05, 3.63) is 33.6 Å². The van der Waals surface area contributed by atoms with Gasteiger partial charge in [-0.1, -0.05) is 44.1 Å². The molecule has 124 valence electrons. The van der Waals surface area contributed by atoms with Gasteiger partial charge in [-0.3, -0.25) is 0 Å². The van der Waals surface area contributed by atoms with Gasteiger partial charge in [0.25, 0.3) is 6.04 Å². The Balaban J connectivity index is 1.74. The molecule has 23 heavy (non-hydrogen) atoms. The third-order valence-corrected chi connectivity index (χ3v) is 5.90. The van der Waals surface area contributed by atoms with E-state index in [9.17, 15) is 0 Å². The summed E-state index contributed by atoms with van der Waals surface area (Å²) in [6.45, 7) is 8.62. The molecule has 3 nitrogen and oxygen atoms in total. The molecule has 1 aromatic carbocycles. The van der Waals surface area contributed by atoms with Crippen LogP contribution in [-0.2, 0) is 0 Å². The predicted octanol–water partition coefficient (Wildman–Crippen LogP) is 4.71. The summed E-state index contributed by atoms with van der Waals surface area (Å²) in [6.07, 6.45) is 3.67. The molecule has 0 atom stereocenters. The number of hydrogen-bond acceptors (Lipinski definition) is 2. The maximum Gasteiger partial charge on any atom is 0.313 e. The van der Waals surface area contributed by atoms with Crippen LogP contribution in [0.15, 0.2) is 18.2 Å². The molecule has 0 aliphatic heterocycles. The number of halogens is 1. The van der Waals surface area contributed by atoms with Gasteiger partial charge in [0.15, 0.2) is 0 Å². The Labute approximate surface area is 144 Å². The predicted molar refractivity (Wildman–Crippen MR) is 95.4 cm³/mol. The van der Waals surface area contributed by atoms with E-state index in [4.69, 9.17) is 22.1 Å². The first-order valence-corrected chi connectivity index (χ1v) is 8.78. The van der Waals surface area contributed by atoms with Crippen LogP contribution in [0.1, 0.15) is 52.5 Å². The van der Waals surface area contributed by atoms with Gasteiger partial charge < -0.3 is 10.5 Å². The van der Waals surface area contributed by atoms with Crippen molar-refractivity contribution in [3.63, 3.8) is 0 Å². The molecular weight excluding hydrogens is 308 g/mol. The first kappa shape index (κ1) is 16.6. The molecule has 0 bridgehead atoms. The highest BCUT2D eigenvalue weighted by molar-refractivity contribution is 6.31. The SMILES string of the molecule is CC1(C)C(N)C(C)(C)C1Oc1ccc(C#[N+]C2CCC2)c(Cl)c1. The molecule has 0 amide bonds. The van der Waals surface area contributed by atoms with Gasteiger partial charge in [-0.15, -0.1) is 0 Å². The third-order valence-electron chi connectivity index (χ3n) is 5.59. The van der Waals surface area contributed by atoms with E-state index < -0.39 is 0 Å². The third kappa shape index (κ3) is 2.84. The van der Waals surface area contributed by atoms with Crippen molar-refractivity contribution in [1.29, 1.82) is 0 Å². The van der Waals surface area contributed by atoms with Crippen LogP contribution in [0.5, 0.6) is 5.75 Å². The van der Waals surface area contributed by atoms with Gasteiger partial charge in [-0.2, -0.15) is 0 Å². The summed E-state index contributed by atoms with van der Waals surface area (Å²) in [4.78, 5) is 4.44.